The summed E-state index contributed by atoms with van der Waals surface area (Å²) in [7, 11) is 0. The van der Waals surface area contributed by atoms with Gasteiger partial charge in [-0.25, -0.2) is 0 Å². The van der Waals surface area contributed by atoms with Crippen LogP contribution >= 0.6 is 0 Å². The predicted octanol–water partition coefficient (Wildman–Crippen LogP) is 2.32. The SMILES string of the molecule is N#CC1CCCCCN1CC(F)(F)F. The Bertz CT molecular complexity index is 219. The minimum absolute atomic E-state index is 0.387. The summed E-state index contributed by atoms with van der Waals surface area (Å²) < 4.78 is 36.4. The molecule has 1 atom stereocenters. The molecule has 1 aliphatic rings. The Kier molecular flexibility index (Phi) is 3.76. The van der Waals surface area contributed by atoms with Gasteiger partial charge < -0.3 is 0 Å². The minimum atomic E-state index is -4.20. The number of halogens is 3. The monoisotopic (exact) mass is 206 g/mol. The summed E-state index contributed by atoms with van der Waals surface area (Å²) in [5.41, 5.74) is 0. The van der Waals surface area contributed by atoms with Crippen LogP contribution in [0.3, 0.4) is 0 Å². The highest BCUT2D eigenvalue weighted by Gasteiger charge is 2.34. The normalized spacial score (nSPS) is 25.4. The van der Waals surface area contributed by atoms with Crippen molar-refractivity contribution in [2.24, 2.45) is 0 Å². The molecule has 1 fully saturated rings. The van der Waals surface area contributed by atoms with E-state index in [0.29, 0.717) is 13.0 Å². The molecule has 80 valence electrons. The Hall–Kier alpha value is -0.760. The van der Waals surface area contributed by atoms with Crippen LogP contribution in [0.2, 0.25) is 0 Å². The van der Waals surface area contributed by atoms with Gasteiger partial charge in [0.2, 0.25) is 0 Å². The zero-order chi connectivity index (χ0) is 10.6. The second kappa shape index (κ2) is 4.65. The van der Waals surface area contributed by atoms with Gasteiger partial charge in [-0.15, -0.1) is 0 Å². The molecule has 0 bridgehead atoms. The first kappa shape index (κ1) is 11.3. The van der Waals surface area contributed by atoms with Crippen LogP contribution < -0.4 is 0 Å². The molecule has 0 spiro atoms. The summed E-state index contributed by atoms with van der Waals surface area (Å²) >= 11 is 0. The number of hydrogen-bond donors (Lipinski definition) is 0. The highest BCUT2D eigenvalue weighted by Crippen LogP contribution is 2.22. The van der Waals surface area contributed by atoms with Gasteiger partial charge in [-0.2, -0.15) is 18.4 Å². The Balaban J connectivity index is 2.58. The smallest absolute Gasteiger partial charge is 0.279 e. The molecule has 1 rings (SSSR count). The molecule has 1 aliphatic heterocycles. The van der Waals surface area contributed by atoms with Gasteiger partial charge in [0.25, 0.3) is 0 Å². The summed E-state index contributed by atoms with van der Waals surface area (Å²) in [6.07, 6.45) is -1.10. The van der Waals surface area contributed by atoms with Crippen LogP contribution in [0, 0.1) is 11.3 Å². The molecule has 0 saturated carbocycles. The fourth-order valence-electron chi connectivity index (χ4n) is 1.73. The second-order valence-corrected chi connectivity index (χ2v) is 3.58. The van der Waals surface area contributed by atoms with Crippen molar-refractivity contribution in [3.8, 4) is 6.07 Å². The summed E-state index contributed by atoms with van der Waals surface area (Å²) in [5, 5.41) is 8.72. The molecule has 1 heterocycles. The van der Waals surface area contributed by atoms with Crippen LogP contribution in [-0.4, -0.2) is 30.2 Å². The van der Waals surface area contributed by atoms with E-state index in [9.17, 15) is 13.2 Å². The lowest BCUT2D eigenvalue weighted by Crippen LogP contribution is -2.40. The molecule has 0 radical (unpaired) electrons. The third-order valence-electron chi connectivity index (χ3n) is 2.40. The van der Waals surface area contributed by atoms with Gasteiger partial charge >= 0.3 is 6.18 Å². The first-order valence-corrected chi connectivity index (χ1v) is 4.73. The highest BCUT2D eigenvalue weighted by molar-refractivity contribution is 4.93. The number of likely N-dealkylation sites (tertiary alicyclic amines) is 1. The maximum atomic E-state index is 12.1. The van der Waals surface area contributed by atoms with Crippen molar-refractivity contribution < 1.29 is 13.2 Å². The predicted molar refractivity (Wildman–Crippen MR) is 45.5 cm³/mol. The molecular formula is C9H13F3N2. The molecule has 0 aromatic carbocycles. The average Bonchev–Trinajstić information content (AvgIpc) is 2.27. The topological polar surface area (TPSA) is 27.0 Å². The molecule has 5 heteroatoms. The fraction of sp³-hybridized carbons (Fsp3) is 0.889. The zero-order valence-electron chi connectivity index (χ0n) is 7.85. The van der Waals surface area contributed by atoms with E-state index in [1.165, 1.54) is 4.90 Å². The maximum absolute atomic E-state index is 12.1. The molecule has 0 N–H and O–H groups in total. The minimum Gasteiger partial charge on any atom is -0.279 e. The van der Waals surface area contributed by atoms with Crippen molar-refractivity contribution in [3.05, 3.63) is 0 Å². The number of hydrogen-bond acceptors (Lipinski definition) is 2. The third-order valence-corrected chi connectivity index (χ3v) is 2.40. The van der Waals surface area contributed by atoms with Crippen molar-refractivity contribution in [2.45, 2.75) is 37.9 Å². The molecule has 0 aliphatic carbocycles. The van der Waals surface area contributed by atoms with E-state index in [0.717, 1.165) is 19.3 Å². The van der Waals surface area contributed by atoms with Gasteiger partial charge in [0.1, 0.15) is 0 Å². The second-order valence-electron chi connectivity index (χ2n) is 3.58. The first-order valence-electron chi connectivity index (χ1n) is 4.73. The van der Waals surface area contributed by atoms with E-state index in [2.05, 4.69) is 0 Å². The van der Waals surface area contributed by atoms with Crippen LogP contribution in [-0.2, 0) is 0 Å². The summed E-state index contributed by atoms with van der Waals surface area (Å²) in [4.78, 5) is 1.24. The Morgan fingerprint density at radius 3 is 2.57 bits per heavy atom. The van der Waals surface area contributed by atoms with Crippen molar-refractivity contribution in [1.82, 2.24) is 4.90 Å². The van der Waals surface area contributed by atoms with E-state index < -0.39 is 18.8 Å². The van der Waals surface area contributed by atoms with E-state index >= 15 is 0 Å². The van der Waals surface area contributed by atoms with Crippen LogP contribution in [0.4, 0.5) is 13.2 Å². The van der Waals surface area contributed by atoms with Gasteiger partial charge in [-0.3, -0.25) is 4.90 Å². The van der Waals surface area contributed by atoms with Gasteiger partial charge in [0, 0.05) is 0 Å². The fourth-order valence-corrected chi connectivity index (χ4v) is 1.73. The van der Waals surface area contributed by atoms with E-state index in [1.54, 1.807) is 0 Å². The summed E-state index contributed by atoms with van der Waals surface area (Å²) in [5.74, 6) is 0. The van der Waals surface area contributed by atoms with Crippen molar-refractivity contribution in [3.63, 3.8) is 0 Å². The molecule has 0 aromatic rings. The Morgan fingerprint density at radius 1 is 1.29 bits per heavy atom. The highest BCUT2D eigenvalue weighted by atomic mass is 19.4. The Labute approximate surface area is 81.3 Å². The van der Waals surface area contributed by atoms with Crippen LogP contribution in [0.15, 0.2) is 0 Å². The van der Waals surface area contributed by atoms with Crippen molar-refractivity contribution in [1.29, 1.82) is 5.26 Å². The number of nitriles is 1. The number of rotatable bonds is 1. The van der Waals surface area contributed by atoms with Gasteiger partial charge in [-0.05, 0) is 19.4 Å². The molecule has 0 amide bonds. The quantitative estimate of drug-likeness (QED) is 0.658. The van der Waals surface area contributed by atoms with E-state index in [4.69, 9.17) is 5.26 Å². The Morgan fingerprint density at radius 2 is 2.00 bits per heavy atom. The largest absolute Gasteiger partial charge is 0.401 e. The molecular weight excluding hydrogens is 193 g/mol. The third kappa shape index (κ3) is 3.54. The molecule has 2 nitrogen and oxygen atoms in total. The molecule has 1 unspecified atom stereocenters. The molecule has 0 aromatic heterocycles. The van der Waals surface area contributed by atoms with E-state index in [-0.39, 0.29) is 0 Å². The van der Waals surface area contributed by atoms with Crippen molar-refractivity contribution in [2.75, 3.05) is 13.1 Å². The van der Waals surface area contributed by atoms with Gasteiger partial charge in [0.05, 0.1) is 18.7 Å². The van der Waals surface area contributed by atoms with Crippen LogP contribution in [0.25, 0.3) is 0 Å². The molecule has 1 saturated heterocycles. The number of alkyl halides is 3. The summed E-state index contributed by atoms with van der Waals surface area (Å²) in [6, 6.07) is 1.39. The summed E-state index contributed by atoms with van der Waals surface area (Å²) in [6.45, 7) is -0.567. The van der Waals surface area contributed by atoms with E-state index in [1.807, 2.05) is 6.07 Å². The standard InChI is InChI=1S/C9H13F3N2/c10-9(11,12)7-14-5-3-1-2-4-8(14)6-13/h8H,1-5,7H2. The number of nitrogens with zero attached hydrogens (tertiary/aromatic N) is 2. The average molecular weight is 206 g/mol. The van der Waals surface area contributed by atoms with Gasteiger partial charge in [0.15, 0.2) is 0 Å². The lowest BCUT2D eigenvalue weighted by molar-refractivity contribution is -0.148. The molecule has 14 heavy (non-hydrogen) atoms. The van der Waals surface area contributed by atoms with Gasteiger partial charge in [-0.1, -0.05) is 12.8 Å². The first-order chi connectivity index (χ1) is 6.53. The lowest BCUT2D eigenvalue weighted by atomic mass is 10.1. The van der Waals surface area contributed by atoms with Crippen LogP contribution in [0.1, 0.15) is 25.7 Å². The van der Waals surface area contributed by atoms with Crippen molar-refractivity contribution >= 4 is 0 Å². The zero-order valence-corrected chi connectivity index (χ0v) is 7.85. The van der Waals surface area contributed by atoms with Crippen LogP contribution in [0.5, 0.6) is 0 Å². The maximum Gasteiger partial charge on any atom is 0.401 e. The lowest BCUT2D eigenvalue weighted by Gasteiger charge is -2.25.